The molecule has 1 N–H and O–H groups in total. The van der Waals surface area contributed by atoms with Gasteiger partial charge in [0.05, 0.1) is 16.9 Å². The Morgan fingerprint density at radius 3 is 2.29 bits per heavy atom. The summed E-state index contributed by atoms with van der Waals surface area (Å²) >= 11 is 0. The quantitative estimate of drug-likeness (QED) is 0.782. The number of aliphatic hydroxyl groups excluding tert-OH is 1. The molecule has 1 heterocycles. The molecule has 1 fully saturated rings. The van der Waals surface area contributed by atoms with Gasteiger partial charge in [-0.15, -0.1) is 0 Å². The van der Waals surface area contributed by atoms with Gasteiger partial charge in [0.1, 0.15) is 0 Å². The second kappa shape index (κ2) is 7.89. The van der Waals surface area contributed by atoms with Gasteiger partial charge in [0.15, 0.2) is 0 Å². The molecule has 0 spiro atoms. The van der Waals surface area contributed by atoms with Gasteiger partial charge >= 0.3 is 0 Å². The van der Waals surface area contributed by atoms with Crippen molar-refractivity contribution < 1.29 is 18.3 Å². The summed E-state index contributed by atoms with van der Waals surface area (Å²) in [6.07, 6.45) is 0.798. The van der Waals surface area contributed by atoms with E-state index in [1.807, 2.05) is 32.9 Å². The van der Waals surface area contributed by atoms with Crippen LogP contribution in [0.1, 0.15) is 31.1 Å². The Labute approximate surface area is 166 Å². The van der Waals surface area contributed by atoms with E-state index in [-0.39, 0.29) is 11.4 Å². The highest BCUT2D eigenvalue weighted by atomic mass is 32.2. The highest BCUT2D eigenvalue weighted by Gasteiger charge is 2.48. The zero-order valence-corrected chi connectivity index (χ0v) is 17.1. The molecule has 0 aromatic heterocycles. The number of benzene rings is 2. The molecular formula is C22H25NO4S. The molecule has 2 aromatic rings. The number of carbonyl (C=O) groups excluding carboxylic acids is 1. The highest BCUT2D eigenvalue weighted by Crippen LogP contribution is 2.39. The zero-order valence-electron chi connectivity index (χ0n) is 16.2. The van der Waals surface area contributed by atoms with E-state index in [0.29, 0.717) is 5.56 Å². The van der Waals surface area contributed by atoms with Crippen LogP contribution in [0.2, 0.25) is 0 Å². The number of rotatable bonds is 5. The minimum Gasteiger partial charge on any atom is -0.388 e. The molecule has 6 heteroatoms. The van der Waals surface area contributed by atoms with E-state index < -0.39 is 33.9 Å². The van der Waals surface area contributed by atoms with E-state index in [4.69, 9.17) is 0 Å². The molecule has 1 aliphatic heterocycles. The van der Waals surface area contributed by atoms with Crippen LogP contribution in [-0.4, -0.2) is 30.3 Å². The Balaban J connectivity index is 2.00. The molecule has 0 unspecified atom stereocenters. The summed E-state index contributed by atoms with van der Waals surface area (Å²) in [6, 6.07) is 15.3. The monoisotopic (exact) mass is 399 g/mol. The zero-order chi connectivity index (χ0) is 20.5. The summed E-state index contributed by atoms with van der Waals surface area (Å²) < 4.78 is 27.1. The second-order valence-corrected chi connectivity index (χ2v) is 9.34. The van der Waals surface area contributed by atoms with Crippen molar-refractivity contribution in [1.29, 1.82) is 0 Å². The fraction of sp³-hybridized carbons (Fsp3) is 0.318. The first-order valence-electron chi connectivity index (χ1n) is 9.23. The molecule has 1 saturated heterocycles. The van der Waals surface area contributed by atoms with Crippen LogP contribution in [0.15, 0.2) is 71.1 Å². The third-order valence-electron chi connectivity index (χ3n) is 5.01. The van der Waals surface area contributed by atoms with Crippen LogP contribution in [-0.2, 0) is 14.8 Å². The minimum absolute atomic E-state index is 0.0226. The summed E-state index contributed by atoms with van der Waals surface area (Å²) in [4.78, 5) is 13.2. The number of nitrogens with zero attached hydrogens (tertiary/aromatic N) is 1. The van der Waals surface area contributed by atoms with E-state index in [0.717, 1.165) is 15.4 Å². The van der Waals surface area contributed by atoms with Crippen LogP contribution in [0.4, 0.5) is 0 Å². The molecule has 2 aromatic carbocycles. The highest BCUT2D eigenvalue weighted by molar-refractivity contribution is 7.89. The van der Waals surface area contributed by atoms with Gasteiger partial charge in [-0.05, 0) is 38.5 Å². The third kappa shape index (κ3) is 3.88. The Kier molecular flexibility index (Phi) is 5.72. The van der Waals surface area contributed by atoms with Crippen molar-refractivity contribution in [2.24, 2.45) is 11.8 Å². The molecule has 3 rings (SSSR count). The summed E-state index contributed by atoms with van der Waals surface area (Å²) in [5.41, 5.74) is 2.51. The number of amides is 1. The van der Waals surface area contributed by atoms with Crippen molar-refractivity contribution in [1.82, 2.24) is 4.31 Å². The van der Waals surface area contributed by atoms with Crippen molar-refractivity contribution in [3.8, 4) is 0 Å². The summed E-state index contributed by atoms with van der Waals surface area (Å²) in [6.45, 7) is 5.68. The van der Waals surface area contributed by atoms with E-state index in [1.165, 1.54) is 12.1 Å². The average Bonchev–Trinajstić information content (AvgIpc) is 2.98. The number of aliphatic hydroxyl groups is 1. The number of sulfonamides is 1. The van der Waals surface area contributed by atoms with E-state index in [2.05, 4.69) is 0 Å². The number of hydrogen-bond acceptors (Lipinski definition) is 4. The first-order valence-corrected chi connectivity index (χ1v) is 10.7. The lowest BCUT2D eigenvalue weighted by Gasteiger charge is -2.21. The largest absolute Gasteiger partial charge is 0.388 e. The molecule has 5 nitrogen and oxygen atoms in total. The standard InChI is InChI=1S/C22H25NO4S/c1-15(2)13-18-14-23(28(26,27)19-11-9-16(3)10-12-19)22(25)20(18)21(24)17-7-5-4-6-8-17/h4-13,18,20-21,24H,14H2,1-3H3/t18-,20-,21-/m1/s1. The van der Waals surface area contributed by atoms with Crippen LogP contribution in [0.3, 0.4) is 0 Å². The lowest BCUT2D eigenvalue weighted by Crippen LogP contribution is -2.35. The van der Waals surface area contributed by atoms with Gasteiger partial charge in [-0.25, -0.2) is 12.7 Å². The maximum Gasteiger partial charge on any atom is 0.266 e. The number of hydrogen-bond donors (Lipinski definition) is 1. The average molecular weight is 400 g/mol. The van der Waals surface area contributed by atoms with Crippen molar-refractivity contribution in [3.05, 3.63) is 77.4 Å². The van der Waals surface area contributed by atoms with E-state index in [1.54, 1.807) is 36.4 Å². The van der Waals surface area contributed by atoms with Gasteiger partial charge in [0.2, 0.25) is 5.91 Å². The van der Waals surface area contributed by atoms with Gasteiger partial charge < -0.3 is 5.11 Å². The van der Waals surface area contributed by atoms with Gasteiger partial charge in [-0.3, -0.25) is 4.79 Å². The van der Waals surface area contributed by atoms with Crippen LogP contribution in [0, 0.1) is 18.8 Å². The van der Waals surface area contributed by atoms with Crippen LogP contribution < -0.4 is 0 Å². The number of aryl methyl sites for hydroxylation is 1. The molecule has 0 aliphatic carbocycles. The first-order chi connectivity index (χ1) is 13.2. The Hall–Kier alpha value is -2.44. The van der Waals surface area contributed by atoms with Gasteiger partial charge in [-0.2, -0.15) is 0 Å². The Morgan fingerprint density at radius 2 is 1.71 bits per heavy atom. The first kappa shape index (κ1) is 20.3. The topological polar surface area (TPSA) is 74.7 Å². The molecular weight excluding hydrogens is 374 g/mol. The molecule has 3 atom stereocenters. The van der Waals surface area contributed by atoms with Crippen molar-refractivity contribution in [2.45, 2.75) is 31.8 Å². The van der Waals surface area contributed by atoms with Crippen LogP contribution in [0.25, 0.3) is 0 Å². The SMILES string of the molecule is CC(C)=C[C@@H]1CN(S(=O)(=O)c2ccc(C)cc2)C(=O)[C@H]1[C@H](O)c1ccccc1. The fourth-order valence-corrected chi connectivity index (χ4v) is 5.07. The summed E-state index contributed by atoms with van der Waals surface area (Å²) in [5, 5.41) is 10.9. The molecule has 0 bridgehead atoms. The van der Waals surface area contributed by atoms with Gasteiger partial charge in [0, 0.05) is 12.5 Å². The smallest absolute Gasteiger partial charge is 0.266 e. The van der Waals surface area contributed by atoms with E-state index in [9.17, 15) is 18.3 Å². The molecule has 0 radical (unpaired) electrons. The predicted molar refractivity (Wildman–Crippen MR) is 108 cm³/mol. The lowest BCUT2D eigenvalue weighted by molar-refractivity contribution is -0.130. The summed E-state index contributed by atoms with van der Waals surface area (Å²) in [7, 11) is -3.98. The Morgan fingerprint density at radius 1 is 1.11 bits per heavy atom. The maximum absolute atomic E-state index is 13.2. The predicted octanol–water partition coefficient (Wildman–Crippen LogP) is 3.46. The number of carbonyl (C=O) groups is 1. The lowest BCUT2D eigenvalue weighted by atomic mass is 9.85. The fourth-order valence-electron chi connectivity index (χ4n) is 3.61. The third-order valence-corrected chi connectivity index (χ3v) is 6.78. The molecule has 28 heavy (non-hydrogen) atoms. The normalized spacial score (nSPS) is 20.9. The van der Waals surface area contributed by atoms with Crippen LogP contribution >= 0.6 is 0 Å². The molecule has 0 saturated carbocycles. The molecule has 1 amide bonds. The van der Waals surface area contributed by atoms with Crippen molar-refractivity contribution in [2.75, 3.05) is 6.54 Å². The van der Waals surface area contributed by atoms with Gasteiger partial charge in [0.25, 0.3) is 10.0 Å². The van der Waals surface area contributed by atoms with Crippen molar-refractivity contribution in [3.63, 3.8) is 0 Å². The maximum atomic E-state index is 13.2. The minimum atomic E-state index is -3.98. The molecule has 1 aliphatic rings. The second-order valence-electron chi connectivity index (χ2n) is 7.48. The molecule has 148 valence electrons. The Bertz CT molecular complexity index is 977. The van der Waals surface area contributed by atoms with Gasteiger partial charge in [-0.1, -0.05) is 59.7 Å². The number of allylic oxidation sites excluding steroid dienone is 1. The summed E-state index contributed by atoms with van der Waals surface area (Å²) in [5.74, 6) is -1.81. The van der Waals surface area contributed by atoms with Crippen molar-refractivity contribution >= 4 is 15.9 Å². The van der Waals surface area contributed by atoms with E-state index >= 15 is 0 Å². The van der Waals surface area contributed by atoms with Crippen LogP contribution in [0.5, 0.6) is 0 Å².